The fraction of sp³-hybridized carbons (Fsp3) is 0.267. The van der Waals surface area contributed by atoms with Gasteiger partial charge in [-0.05, 0) is 36.0 Å². The highest BCUT2D eigenvalue weighted by molar-refractivity contribution is 8.18. The van der Waals surface area contributed by atoms with Crippen LogP contribution in [-0.2, 0) is 14.3 Å². The standard InChI is InChI=1S/C15H16N2O5S/c1-21-9-7-16-13(18)10-17-14(19)12(23-15(17)20)6-2-4-11-5-3-8-22-11/h2-6,8H,7,9-10H2,1H3,(H,16,18)/b4-2+,12-6-. The second kappa shape index (κ2) is 8.35. The Kier molecular flexibility index (Phi) is 6.19. The fourth-order valence-electron chi connectivity index (χ4n) is 1.76. The summed E-state index contributed by atoms with van der Waals surface area (Å²) in [5.41, 5.74) is 0. The molecular formula is C15H16N2O5S. The van der Waals surface area contributed by atoms with Crippen molar-refractivity contribution in [2.75, 3.05) is 26.8 Å². The summed E-state index contributed by atoms with van der Waals surface area (Å²) >= 11 is 0.801. The Morgan fingerprint density at radius 1 is 1.48 bits per heavy atom. The maximum atomic E-state index is 12.1. The van der Waals surface area contributed by atoms with E-state index in [1.165, 1.54) is 19.4 Å². The van der Waals surface area contributed by atoms with Crippen molar-refractivity contribution in [3.05, 3.63) is 41.2 Å². The number of nitrogens with zero attached hydrogens (tertiary/aromatic N) is 1. The van der Waals surface area contributed by atoms with Crippen LogP contribution >= 0.6 is 11.8 Å². The van der Waals surface area contributed by atoms with Crippen LogP contribution in [0.25, 0.3) is 6.08 Å². The van der Waals surface area contributed by atoms with Crippen molar-refractivity contribution < 1.29 is 23.5 Å². The van der Waals surface area contributed by atoms with Gasteiger partial charge in [-0.3, -0.25) is 19.3 Å². The van der Waals surface area contributed by atoms with E-state index in [1.807, 2.05) is 0 Å². The molecular weight excluding hydrogens is 320 g/mol. The Labute approximate surface area is 137 Å². The molecule has 1 aromatic rings. The Bertz CT molecular complexity index is 636. The predicted octanol–water partition coefficient (Wildman–Crippen LogP) is 1.63. The molecule has 0 unspecified atom stereocenters. The zero-order valence-electron chi connectivity index (χ0n) is 12.5. The maximum absolute atomic E-state index is 12.1. The Hall–Kier alpha value is -2.32. The van der Waals surface area contributed by atoms with Gasteiger partial charge in [-0.25, -0.2) is 0 Å². The molecule has 1 aliphatic rings. The molecule has 23 heavy (non-hydrogen) atoms. The second-order valence-electron chi connectivity index (χ2n) is 4.51. The average molecular weight is 336 g/mol. The van der Waals surface area contributed by atoms with Crippen LogP contribution in [0.4, 0.5) is 4.79 Å². The number of allylic oxidation sites excluding steroid dienone is 2. The quantitative estimate of drug-likeness (QED) is 0.601. The van der Waals surface area contributed by atoms with Crippen LogP contribution in [0.15, 0.2) is 39.9 Å². The van der Waals surface area contributed by atoms with Crippen molar-refractivity contribution in [2.24, 2.45) is 0 Å². The molecule has 1 aromatic heterocycles. The van der Waals surface area contributed by atoms with Crippen LogP contribution in [0.3, 0.4) is 0 Å². The molecule has 0 aliphatic carbocycles. The number of carbonyl (C=O) groups excluding carboxylic acids is 3. The zero-order chi connectivity index (χ0) is 16.7. The van der Waals surface area contributed by atoms with Crippen molar-refractivity contribution in [3.8, 4) is 0 Å². The third-order valence-electron chi connectivity index (χ3n) is 2.85. The molecule has 0 radical (unpaired) electrons. The molecule has 3 amide bonds. The number of ether oxygens (including phenoxy) is 1. The molecule has 0 spiro atoms. The van der Waals surface area contributed by atoms with Crippen molar-refractivity contribution >= 4 is 34.9 Å². The van der Waals surface area contributed by atoms with Crippen LogP contribution in [0.1, 0.15) is 5.76 Å². The van der Waals surface area contributed by atoms with Crippen LogP contribution in [0.2, 0.25) is 0 Å². The Balaban J connectivity index is 1.92. The highest BCUT2D eigenvalue weighted by Gasteiger charge is 2.35. The molecule has 2 rings (SSSR count). The highest BCUT2D eigenvalue weighted by atomic mass is 32.2. The number of hydrogen-bond acceptors (Lipinski definition) is 6. The first-order valence-electron chi connectivity index (χ1n) is 6.83. The largest absolute Gasteiger partial charge is 0.465 e. The zero-order valence-corrected chi connectivity index (χ0v) is 13.3. The van der Waals surface area contributed by atoms with E-state index >= 15 is 0 Å². The monoisotopic (exact) mass is 336 g/mol. The molecule has 8 heteroatoms. The molecule has 0 aromatic carbocycles. The van der Waals surface area contributed by atoms with Gasteiger partial charge in [0, 0.05) is 13.7 Å². The summed E-state index contributed by atoms with van der Waals surface area (Å²) in [5.74, 6) is -0.249. The number of imide groups is 1. The summed E-state index contributed by atoms with van der Waals surface area (Å²) in [6.45, 7) is 0.395. The number of thioether (sulfide) groups is 1. The van der Waals surface area contributed by atoms with E-state index in [1.54, 1.807) is 24.3 Å². The van der Waals surface area contributed by atoms with Crippen LogP contribution in [0, 0.1) is 0 Å². The number of hydrogen-bond donors (Lipinski definition) is 1. The predicted molar refractivity (Wildman–Crippen MR) is 85.4 cm³/mol. The third kappa shape index (κ3) is 4.83. The van der Waals surface area contributed by atoms with Gasteiger partial charge < -0.3 is 14.5 Å². The molecule has 1 saturated heterocycles. The molecule has 7 nitrogen and oxygen atoms in total. The van der Waals surface area contributed by atoms with Gasteiger partial charge >= 0.3 is 0 Å². The molecule has 2 heterocycles. The van der Waals surface area contributed by atoms with Gasteiger partial charge in [0.25, 0.3) is 11.1 Å². The molecule has 1 aliphatic heterocycles. The second-order valence-corrected chi connectivity index (χ2v) is 5.50. The number of carbonyl (C=O) groups is 3. The smallest absolute Gasteiger partial charge is 0.294 e. The molecule has 1 fully saturated rings. The summed E-state index contributed by atoms with van der Waals surface area (Å²) in [4.78, 5) is 36.8. The maximum Gasteiger partial charge on any atom is 0.294 e. The lowest BCUT2D eigenvalue weighted by Crippen LogP contribution is -2.40. The van der Waals surface area contributed by atoms with Crippen LogP contribution in [0.5, 0.6) is 0 Å². The van der Waals surface area contributed by atoms with E-state index in [0.717, 1.165) is 16.7 Å². The molecule has 122 valence electrons. The van der Waals surface area contributed by atoms with Gasteiger partial charge in [-0.2, -0.15) is 0 Å². The summed E-state index contributed by atoms with van der Waals surface area (Å²) in [6.07, 6.45) is 6.35. The molecule has 0 atom stereocenters. The van der Waals surface area contributed by atoms with E-state index in [4.69, 9.17) is 9.15 Å². The number of methoxy groups -OCH3 is 1. The van der Waals surface area contributed by atoms with Gasteiger partial charge in [0.05, 0.1) is 17.8 Å². The van der Waals surface area contributed by atoms with E-state index in [0.29, 0.717) is 18.9 Å². The van der Waals surface area contributed by atoms with E-state index in [2.05, 4.69) is 5.32 Å². The van der Waals surface area contributed by atoms with Gasteiger partial charge in [0.1, 0.15) is 12.3 Å². The third-order valence-corrected chi connectivity index (χ3v) is 3.78. The lowest BCUT2D eigenvalue weighted by atomic mass is 10.3. The molecule has 0 bridgehead atoms. The van der Waals surface area contributed by atoms with Gasteiger partial charge in [-0.15, -0.1) is 0 Å². The first-order valence-corrected chi connectivity index (χ1v) is 7.64. The average Bonchev–Trinajstić information content (AvgIpc) is 3.12. The number of furan rings is 1. The van der Waals surface area contributed by atoms with Gasteiger partial charge in [-0.1, -0.05) is 6.08 Å². The topological polar surface area (TPSA) is 88.8 Å². The highest BCUT2D eigenvalue weighted by Crippen LogP contribution is 2.30. The number of rotatable bonds is 7. The Morgan fingerprint density at radius 3 is 3.00 bits per heavy atom. The summed E-state index contributed by atoms with van der Waals surface area (Å²) in [5, 5.41) is 2.10. The van der Waals surface area contributed by atoms with Crippen molar-refractivity contribution in [1.82, 2.24) is 10.2 Å². The van der Waals surface area contributed by atoms with Gasteiger partial charge in [0.2, 0.25) is 5.91 Å². The van der Waals surface area contributed by atoms with Crippen molar-refractivity contribution in [1.29, 1.82) is 0 Å². The van der Waals surface area contributed by atoms with E-state index in [9.17, 15) is 14.4 Å². The number of amides is 3. The summed E-state index contributed by atoms with van der Waals surface area (Å²) < 4.78 is 9.92. The minimum atomic E-state index is -0.481. The number of nitrogens with one attached hydrogen (secondary N) is 1. The van der Waals surface area contributed by atoms with Crippen LogP contribution in [-0.4, -0.2) is 48.8 Å². The molecule has 1 N–H and O–H groups in total. The lowest BCUT2D eigenvalue weighted by molar-refractivity contribution is -0.129. The minimum Gasteiger partial charge on any atom is -0.465 e. The Morgan fingerprint density at radius 2 is 2.30 bits per heavy atom. The first kappa shape index (κ1) is 17.0. The SMILES string of the molecule is COCCNC(=O)CN1C(=O)S/C(=C\C=C\c2ccco2)C1=O. The van der Waals surface area contributed by atoms with Crippen molar-refractivity contribution in [3.63, 3.8) is 0 Å². The summed E-state index contributed by atoms with van der Waals surface area (Å²) in [6, 6.07) is 3.51. The fourth-order valence-corrected chi connectivity index (χ4v) is 2.55. The normalized spacial score (nSPS) is 16.7. The van der Waals surface area contributed by atoms with E-state index < -0.39 is 17.1 Å². The lowest BCUT2D eigenvalue weighted by Gasteiger charge is -2.12. The van der Waals surface area contributed by atoms with Crippen molar-refractivity contribution in [2.45, 2.75) is 0 Å². The van der Waals surface area contributed by atoms with Gasteiger partial charge in [0.15, 0.2) is 0 Å². The van der Waals surface area contributed by atoms with E-state index in [-0.39, 0.29) is 11.4 Å². The molecule has 0 saturated carbocycles. The first-order chi connectivity index (χ1) is 11.1. The summed E-state index contributed by atoms with van der Waals surface area (Å²) in [7, 11) is 1.52. The van der Waals surface area contributed by atoms with Crippen LogP contribution < -0.4 is 5.32 Å². The minimum absolute atomic E-state index is 0.266.